The van der Waals surface area contributed by atoms with Gasteiger partial charge in [-0.1, -0.05) is 13.0 Å². The van der Waals surface area contributed by atoms with E-state index in [0.717, 1.165) is 5.56 Å². The van der Waals surface area contributed by atoms with Crippen molar-refractivity contribution in [2.24, 2.45) is 0 Å². The van der Waals surface area contributed by atoms with Gasteiger partial charge >= 0.3 is 0 Å². The molecule has 0 bridgehead atoms. The Labute approximate surface area is 103 Å². The van der Waals surface area contributed by atoms with Crippen LogP contribution in [0.25, 0.3) is 0 Å². The Bertz CT molecular complexity index is 431. The van der Waals surface area contributed by atoms with E-state index in [1.807, 2.05) is 26.0 Å². The monoisotopic (exact) mass is 256 g/mol. The van der Waals surface area contributed by atoms with Gasteiger partial charge in [-0.25, -0.2) is 8.42 Å². The molecular formula is C12H20N2O2S. The van der Waals surface area contributed by atoms with Gasteiger partial charge in [-0.15, -0.1) is 0 Å². The number of hydrogen-bond acceptors (Lipinski definition) is 4. The Kier molecular flexibility index (Phi) is 5.08. The molecule has 0 spiro atoms. The summed E-state index contributed by atoms with van der Waals surface area (Å²) < 4.78 is 23.0. The average Bonchev–Trinajstić information content (AvgIpc) is 2.29. The second kappa shape index (κ2) is 6.12. The van der Waals surface area contributed by atoms with Crippen molar-refractivity contribution in [3.8, 4) is 0 Å². The summed E-state index contributed by atoms with van der Waals surface area (Å²) in [7, 11) is -2.92. The zero-order valence-electron chi connectivity index (χ0n) is 10.6. The summed E-state index contributed by atoms with van der Waals surface area (Å²) in [5.41, 5.74) is 1.06. The molecule has 0 fully saturated rings. The molecule has 96 valence electrons. The highest BCUT2D eigenvalue weighted by Gasteiger charge is 2.16. The molecule has 0 aliphatic rings. The van der Waals surface area contributed by atoms with Crippen LogP contribution in [-0.2, 0) is 9.84 Å². The lowest BCUT2D eigenvalue weighted by Crippen LogP contribution is -2.35. The third-order valence-corrected chi connectivity index (χ3v) is 4.55. The second-order valence-corrected chi connectivity index (χ2v) is 6.67. The van der Waals surface area contributed by atoms with Crippen LogP contribution >= 0.6 is 0 Å². The summed E-state index contributed by atoms with van der Waals surface area (Å²) in [6.07, 6.45) is 3.51. The second-order valence-electron chi connectivity index (χ2n) is 4.27. The van der Waals surface area contributed by atoms with Gasteiger partial charge in [0, 0.05) is 30.2 Å². The predicted octanol–water partition coefficient (Wildman–Crippen LogP) is 1.56. The standard InChI is InChI=1S/C12H20N2O2S/c1-4-17(15,16)9-10(2)14-11(3)12-6-5-7-13-8-12/h5-8,10-11,14H,4,9H2,1-3H3. The molecule has 17 heavy (non-hydrogen) atoms. The minimum atomic E-state index is -2.92. The average molecular weight is 256 g/mol. The van der Waals surface area contributed by atoms with Crippen molar-refractivity contribution in [2.75, 3.05) is 11.5 Å². The smallest absolute Gasteiger partial charge is 0.151 e. The number of hydrogen-bond donors (Lipinski definition) is 1. The van der Waals surface area contributed by atoms with E-state index in [0.29, 0.717) is 0 Å². The van der Waals surface area contributed by atoms with Gasteiger partial charge in [0.15, 0.2) is 9.84 Å². The fourth-order valence-electron chi connectivity index (χ4n) is 1.70. The predicted molar refractivity (Wildman–Crippen MR) is 69.6 cm³/mol. The van der Waals surface area contributed by atoms with Crippen LogP contribution in [0.2, 0.25) is 0 Å². The van der Waals surface area contributed by atoms with Crippen LogP contribution < -0.4 is 5.32 Å². The largest absolute Gasteiger partial charge is 0.307 e. The van der Waals surface area contributed by atoms with Crippen molar-refractivity contribution in [3.05, 3.63) is 30.1 Å². The van der Waals surface area contributed by atoms with Crippen molar-refractivity contribution < 1.29 is 8.42 Å². The summed E-state index contributed by atoms with van der Waals surface area (Å²) >= 11 is 0. The number of pyridine rings is 1. The van der Waals surface area contributed by atoms with Crippen LogP contribution in [-0.4, -0.2) is 30.9 Å². The number of sulfone groups is 1. The molecule has 2 atom stereocenters. The fourth-order valence-corrected chi connectivity index (χ4v) is 2.80. The first kappa shape index (κ1) is 14.1. The van der Waals surface area contributed by atoms with E-state index >= 15 is 0 Å². The van der Waals surface area contributed by atoms with E-state index < -0.39 is 9.84 Å². The van der Waals surface area contributed by atoms with Gasteiger partial charge in [0.2, 0.25) is 0 Å². The molecule has 0 aliphatic carbocycles. The fraction of sp³-hybridized carbons (Fsp3) is 0.583. The molecule has 0 aliphatic heterocycles. The lowest BCUT2D eigenvalue weighted by molar-refractivity contribution is 0.499. The molecule has 0 saturated heterocycles. The quantitative estimate of drug-likeness (QED) is 0.839. The minimum Gasteiger partial charge on any atom is -0.307 e. The van der Waals surface area contributed by atoms with Crippen LogP contribution in [0.15, 0.2) is 24.5 Å². The topological polar surface area (TPSA) is 59.1 Å². The van der Waals surface area contributed by atoms with Gasteiger partial charge in [-0.05, 0) is 25.5 Å². The van der Waals surface area contributed by atoms with Crippen LogP contribution in [0.1, 0.15) is 32.4 Å². The van der Waals surface area contributed by atoms with Crippen LogP contribution in [0.3, 0.4) is 0 Å². The number of aromatic nitrogens is 1. The Morgan fingerprint density at radius 1 is 1.41 bits per heavy atom. The molecule has 1 aromatic rings. The third-order valence-electron chi connectivity index (χ3n) is 2.66. The van der Waals surface area contributed by atoms with Gasteiger partial charge in [-0.2, -0.15) is 0 Å². The van der Waals surface area contributed by atoms with Crippen molar-refractivity contribution in [1.82, 2.24) is 10.3 Å². The molecule has 0 amide bonds. The maximum Gasteiger partial charge on any atom is 0.151 e. The molecule has 1 aromatic heterocycles. The zero-order chi connectivity index (χ0) is 12.9. The molecule has 1 N–H and O–H groups in total. The molecule has 0 radical (unpaired) electrons. The van der Waals surface area contributed by atoms with Crippen LogP contribution in [0.5, 0.6) is 0 Å². The Hall–Kier alpha value is -0.940. The molecule has 5 heteroatoms. The first-order chi connectivity index (χ1) is 7.94. The SMILES string of the molecule is CCS(=O)(=O)CC(C)NC(C)c1cccnc1. The Balaban J connectivity index is 2.55. The summed E-state index contributed by atoms with van der Waals surface area (Å²) in [6.45, 7) is 5.57. The van der Waals surface area contributed by atoms with E-state index in [1.54, 1.807) is 19.3 Å². The number of nitrogens with zero attached hydrogens (tertiary/aromatic N) is 1. The maximum atomic E-state index is 11.5. The highest BCUT2D eigenvalue weighted by atomic mass is 32.2. The number of nitrogens with one attached hydrogen (secondary N) is 1. The Morgan fingerprint density at radius 3 is 2.65 bits per heavy atom. The van der Waals surface area contributed by atoms with Crippen molar-refractivity contribution in [3.63, 3.8) is 0 Å². The van der Waals surface area contributed by atoms with Crippen LogP contribution in [0.4, 0.5) is 0 Å². The van der Waals surface area contributed by atoms with Gasteiger partial charge in [0.05, 0.1) is 5.75 Å². The van der Waals surface area contributed by atoms with Gasteiger partial charge < -0.3 is 5.32 Å². The highest BCUT2D eigenvalue weighted by Crippen LogP contribution is 2.11. The molecular weight excluding hydrogens is 236 g/mol. The summed E-state index contributed by atoms with van der Waals surface area (Å²) in [5.74, 6) is 0.369. The van der Waals surface area contributed by atoms with Crippen molar-refractivity contribution >= 4 is 9.84 Å². The lowest BCUT2D eigenvalue weighted by atomic mass is 10.1. The van der Waals surface area contributed by atoms with Crippen molar-refractivity contribution in [1.29, 1.82) is 0 Å². The van der Waals surface area contributed by atoms with Gasteiger partial charge in [0.25, 0.3) is 0 Å². The lowest BCUT2D eigenvalue weighted by Gasteiger charge is -2.19. The molecule has 0 aromatic carbocycles. The highest BCUT2D eigenvalue weighted by molar-refractivity contribution is 7.91. The van der Waals surface area contributed by atoms with E-state index in [-0.39, 0.29) is 23.6 Å². The zero-order valence-corrected chi connectivity index (χ0v) is 11.4. The third kappa shape index (κ3) is 4.83. The molecule has 0 saturated carbocycles. The van der Waals surface area contributed by atoms with E-state index in [2.05, 4.69) is 10.3 Å². The van der Waals surface area contributed by atoms with E-state index in [9.17, 15) is 8.42 Å². The van der Waals surface area contributed by atoms with Crippen molar-refractivity contribution in [2.45, 2.75) is 32.9 Å². The maximum absolute atomic E-state index is 11.5. The van der Waals surface area contributed by atoms with Gasteiger partial charge in [0.1, 0.15) is 0 Å². The summed E-state index contributed by atoms with van der Waals surface area (Å²) in [4.78, 5) is 4.05. The molecule has 1 heterocycles. The normalized spacial score (nSPS) is 15.5. The summed E-state index contributed by atoms with van der Waals surface area (Å²) in [5, 5.41) is 3.27. The van der Waals surface area contributed by atoms with E-state index in [4.69, 9.17) is 0 Å². The minimum absolute atomic E-state index is 0.0600. The van der Waals surface area contributed by atoms with Gasteiger partial charge in [-0.3, -0.25) is 4.98 Å². The Morgan fingerprint density at radius 2 is 2.12 bits per heavy atom. The van der Waals surface area contributed by atoms with Crippen LogP contribution in [0, 0.1) is 0 Å². The molecule has 2 unspecified atom stereocenters. The molecule has 1 rings (SSSR count). The number of rotatable bonds is 6. The molecule has 4 nitrogen and oxygen atoms in total. The first-order valence-corrected chi connectivity index (χ1v) is 7.63. The van der Waals surface area contributed by atoms with E-state index in [1.165, 1.54) is 0 Å². The summed E-state index contributed by atoms with van der Waals surface area (Å²) in [6, 6.07) is 3.90. The first-order valence-electron chi connectivity index (χ1n) is 5.81.